The maximum atomic E-state index is 13.3. The van der Waals surface area contributed by atoms with Crippen molar-refractivity contribution in [2.75, 3.05) is 6.61 Å². The molecule has 1 N–H and O–H groups in total. The summed E-state index contributed by atoms with van der Waals surface area (Å²) in [5.41, 5.74) is 7.08. The molecule has 2 aromatic carbocycles. The van der Waals surface area contributed by atoms with Crippen LogP contribution in [0.5, 0.6) is 0 Å². The van der Waals surface area contributed by atoms with Crippen LogP contribution in [0.15, 0.2) is 65.3 Å². The fourth-order valence-electron chi connectivity index (χ4n) is 10.7. The summed E-state index contributed by atoms with van der Waals surface area (Å²) in [5.74, 6) is 1.67. The molecule has 2 aromatic rings. The van der Waals surface area contributed by atoms with Crippen molar-refractivity contribution in [1.29, 1.82) is 0 Å². The standard InChI is InChI=1S/C41H50N2O5/c1-24(2)37(42-39(46)47-23-33-30-12-8-6-10-28(30)29-11-7-9-13-31(29)33)38(45)48-43-27-18-20-40(4)26(22-27)14-15-32-35-17-16-34(25(3)44)41(35,5)21-19-36(32)40/h6-13,22,24,32-37H,14-21,23H2,1-5H3,(H,42,46)/b43-27+/t32?,34-,35?,36?,37+,40+,41-/m1/s1. The highest BCUT2D eigenvalue weighted by Crippen LogP contribution is 2.66. The average Bonchev–Trinajstić information content (AvgIpc) is 3.60. The van der Waals surface area contributed by atoms with E-state index in [1.807, 2.05) is 38.1 Å². The molecule has 1 amide bonds. The van der Waals surface area contributed by atoms with Gasteiger partial charge in [0.05, 0.1) is 5.71 Å². The molecule has 3 unspecified atom stereocenters. The van der Waals surface area contributed by atoms with Gasteiger partial charge in [-0.3, -0.25) is 4.79 Å². The largest absolute Gasteiger partial charge is 0.449 e. The zero-order chi connectivity index (χ0) is 33.8. The summed E-state index contributed by atoms with van der Waals surface area (Å²) in [7, 11) is 0. The van der Waals surface area contributed by atoms with Crippen molar-refractivity contribution >= 4 is 23.6 Å². The zero-order valence-corrected chi connectivity index (χ0v) is 29.1. The minimum atomic E-state index is -0.885. The van der Waals surface area contributed by atoms with E-state index < -0.39 is 18.1 Å². The van der Waals surface area contributed by atoms with Crippen LogP contribution >= 0.6 is 0 Å². The van der Waals surface area contributed by atoms with Crippen molar-refractivity contribution in [2.24, 2.45) is 45.6 Å². The van der Waals surface area contributed by atoms with Crippen molar-refractivity contribution in [2.45, 2.75) is 97.9 Å². The molecule has 3 saturated carbocycles. The average molecular weight is 651 g/mol. The molecule has 254 valence electrons. The van der Waals surface area contributed by atoms with Gasteiger partial charge < -0.3 is 14.9 Å². The van der Waals surface area contributed by atoms with Crippen LogP contribution < -0.4 is 5.32 Å². The molecule has 0 heterocycles. The summed E-state index contributed by atoms with van der Waals surface area (Å²) >= 11 is 0. The molecule has 5 aliphatic carbocycles. The zero-order valence-electron chi connectivity index (χ0n) is 29.1. The first kappa shape index (κ1) is 32.8. The summed E-state index contributed by atoms with van der Waals surface area (Å²) in [6.07, 6.45) is 10.00. The molecular formula is C41H50N2O5. The minimum Gasteiger partial charge on any atom is -0.449 e. The molecule has 48 heavy (non-hydrogen) atoms. The van der Waals surface area contributed by atoms with Gasteiger partial charge in [0.15, 0.2) is 0 Å². The van der Waals surface area contributed by atoms with Gasteiger partial charge in [0.25, 0.3) is 0 Å². The fraction of sp³-hybridized carbons (Fsp3) is 0.561. The third-order valence-electron chi connectivity index (χ3n) is 13.3. The highest BCUT2D eigenvalue weighted by molar-refractivity contribution is 5.97. The lowest BCUT2D eigenvalue weighted by atomic mass is 9.46. The molecule has 7 nitrogen and oxygen atoms in total. The first-order chi connectivity index (χ1) is 23.0. The van der Waals surface area contributed by atoms with Gasteiger partial charge in [-0.05, 0) is 121 Å². The number of rotatable bonds is 7. The van der Waals surface area contributed by atoms with Gasteiger partial charge in [-0.15, -0.1) is 0 Å². The van der Waals surface area contributed by atoms with E-state index in [1.54, 1.807) is 6.92 Å². The van der Waals surface area contributed by atoms with E-state index in [2.05, 4.69) is 54.7 Å². The van der Waals surface area contributed by atoms with E-state index in [4.69, 9.17) is 9.57 Å². The first-order valence-electron chi connectivity index (χ1n) is 18.1. The van der Waals surface area contributed by atoms with E-state index in [0.717, 1.165) is 66.5 Å². The number of carbonyl (C=O) groups excluding carboxylic acids is 3. The highest BCUT2D eigenvalue weighted by atomic mass is 16.7. The molecule has 0 radical (unpaired) electrons. The monoisotopic (exact) mass is 650 g/mol. The Morgan fingerprint density at radius 1 is 0.896 bits per heavy atom. The SMILES string of the molecule is CC(=O)[C@H]1CCC2C3CCC4=C/C(=N/OC(=O)[C@@H](NC(=O)OCC5c6ccccc6-c6ccccc65)C(C)C)CC[C@]4(C)C3CC[C@@]21C. The van der Waals surface area contributed by atoms with Crippen LogP contribution in [0, 0.1) is 40.4 Å². The molecule has 0 bridgehead atoms. The van der Waals surface area contributed by atoms with Gasteiger partial charge in [-0.2, -0.15) is 0 Å². The second-order valence-electron chi connectivity index (χ2n) is 16.0. The summed E-state index contributed by atoms with van der Waals surface area (Å²) in [6.45, 7) is 10.5. The van der Waals surface area contributed by atoms with E-state index in [-0.39, 0.29) is 35.2 Å². The molecule has 7 rings (SSSR count). The van der Waals surface area contributed by atoms with Crippen LogP contribution in [-0.4, -0.2) is 36.2 Å². The third kappa shape index (κ3) is 5.51. The van der Waals surface area contributed by atoms with E-state index in [1.165, 1.54) is 18.4 Å². The number of amides is 1. The van der Waals surface area contributed by atoms with Crippen LogP contribution in [0.4, 0.5) is 4.79 Å². The number of Topliss-reactive ketones (excluding diaryl/α,β-unsaturated/α-hetero) is 1. The van der Waals surface area contributed by atoms with E-state index in [9.17, 15) is 14.4 Å². The highest BCUT2D eigenvalue weighted by Gasteiger charge is 2.59. The maximum absolute atomic E-state index is 13.3. The molecule has 7 heteroatoms. The maximum Gasteiger partial charge on any atom is 0.407 e. The van der Waals surface area contributed by atoms with Crippen molar-refractivity contribution in [1.82, 2.24) is 5.32 Å². The Morgan fingerprint density at radius 3 is 2.25 bits per heavy atom. The van der Waals surface area contributed by atoms with E-state index in [0.29, 0.717) is 23.5 Å². The molecule has 5 aliphatic rings. The third-order valence-corrected chi connectivity index (χ3v) is 13.3. The van der Waals surface area contributed by atoms with E-state index >= 15 is 0 Å². The molecule has 0 saturated heterocycles. The molecule has 3 fully saturated rings. The molecule has 0 aliphatic heterocycles. The lowest BCUT2D eigenvalue weighted by Gasteiger charge is -2.58. The number of ether oxygens (including phenoxy) is 1. The van der Waals surface area contributed by atoms with Crippen LogP contribution in [0.2, 0.25) is 0 Å². The smallest absolute Gasteiger partial charge is 0.407 e. The Morgan fingerprint density at radius 2 is 1.58 bits per heavy atom. The summed E-state index contributed by atoms with van der Waals surface area (Å²) < 4.78 is 5.71. The van der Waals surface area contributed by atoms with Crippen molar-refractivity contribution in [3.8, 4) is 11.1 Å². The Bertz CT molecular complexity index is 1630. The number of allylic oxidation sites excluding steroid dienone is 2. The van der Waals surface area contributed by atoms with Gasteiger partial charge >= 0.3 is 12.1 Å². The first-order valence-corrected chi connectivity index (χ1v) is 18.1. The normalized spacial score (nSPS) is 31.9. The second-order valence-corrected chi connectivity index (χ2v) is 16.0. The van der Waals surface area contributed by atoms with Gasteiger partial charge in [0.1, 0.15) is 18.4 Å². The molecule has 0 spiro atoms. The number of hydrogen-bond donors (Lipinski definition) is 1. The fourth-order valence-corrected chi connectivity index (χ4v) is 10.7. The van der Waals surface area contributed by atoms with Crippen molar-refractivity contribution in [3.05, 3.63) is 71.3 Å². The number of hydrogen-bond acceptors (Lipinski definition) is 6. The predicted octanol–water partition coefficient (Wildman–Crippen LogP) is 8.62. The van der Waals surface area contributed by atoms with Crippen LogP contribution in [-0.2, 0) is 19.2 Å². The predicted molar refractivity (Wildman–Crippen MR) is 186 cm³/mol. The number of fused-ring (bicyclic) bond motifs is 8. The second kappa shape index (κ2) is 12.6. The van der Waals surface area contributed by atoms with Crippen LogP contribution in [0.3, 0.4) is 0 Å². The van der Waals surface area contributed by atoms with Gasteiger partial charge in [0, 0.05) is 11.8 Å². The number of nitrogens with zero attached hydrogens (tertiary/aromatic N) is 1. The Labute approximate surface area is 284 Å². The Kier molecular flexibility index (Phi) is 8.62. The number of oxime groups is 1. The lowest BCUT2D eigenvalue weighted by molar-refractivity contribution is -0.147. The van der Waals surface area contributed by atoms with Gasteiger partial charge in [-0.25, -0.2) is 9.59 Å². The molecular weight excluding hydrogens is 600 g/mol. The van der Waals surface area contributed by atoms with Crippen LogP contribution in [0.1, 0.15) is 103 Å². The Balaban J connectivity index is 0.976. The quantitative estimate of drug-likeness (QED) is 0.239. The van der Waals surface area contributed by atoms with Gasteiger partial charge in [-0.1, -0.05) is 87.0 Å². The summed E-state index contributed by atoms with van der Waals surface area (Å²) in [6, 6.07) is 15.5. The topological polar surface area (TPSA) is 94.1 Å². The summed E-state index contributed by atoms with van der Waals surface area (Å²) in [4.78, 5) is 44.2. The lowest BCUT2D eigenvalue weighted by Crippen LogP contribution is -2.51. The molecule has 7 atom stereocenters. The summed E-state index contributed by atoms with van der Waals surface area (Å²) in [5, 5.41) is 7.08. The number of alkyl carbamates (subject to hydrolysis) is 1. The molecule has 0 aromatic heterocycles. The number of carbonyl (C=O) groups is 3. The van der Waals surface area contributed by atoms with Crippen molar-refractivity contribution in [3.63, 3.8) is 0 Å². The number of benzene rings is 2. The number of ketones is 1. The van der Waals surface area contributed by atoms with Crippen molar-refractivity contribution < 1.29 is 24.0 Å². The minimum absolute atomic E-state index is 0.0622. The van der Waals surface area contributed by atoms with Crippen LogP contribution in [0.25, 0.3) is 11.1 Å². The Hall–Kier alpha value is -3.74. The van der Waals surface area contributed by atoms with Gasteiger partial charge in [0.2, 0.25) is 0 Å². The number of nitrogens with one attached hydrogen (secondary N) is 1.